The van der Waals surface area contributed by atoms with Crippen LogP contribution < -0.4 is 4.72 Å². The highest BCUT2D eigenvalue weighted by molar-refractivity contribution is 7.89. The van der Waals surface area contributed by atoms with E-state index in [1.807, 2.05) is 24.3 Å². The van der Waals surface area contributed by atoms with Gasteiger partial charge in [-0.15, -0.1) is 11.3 Å². The van der Waals surface area contributed by atoms with E-state index in [4.69, 9.17) is 34.8 Å². The third-order valence-corrected chi connectivity index (χ3v) is 7.67. The van der Waals surface area contributed by atoms with Gasteiger partial charge in [0, 0.05) is 30.7 Å². The Kier molecular flexibility index (Phi) is 6.31. The molecule has 0 atom stereocenters. The number of hydrogen-bond donors (Lipinski definition) is 1. The number of thiophene rings is 1. The lowest BCUT2D eigenvalue weighted by Crippen LogP contribution is -2.44. The second-order valence-corrected chi connectivity index (χ2v) is 10.4. The van der Waals surface area contributed by atoms with Crippen LogP contribution in [-0.2, 0) is 16.6 Å². The minimum atomic E-state index is -3.64. The van der Waals surface area contributed by atoms with Gasteiger partial charge in [-0.05, 0) is 36.6 Å². The number of nitrogens with zero attached hydrogens (tertiary/aromatic N) is 1. The molecule has 0 bridgehead atoms. The van der Waals surface area contributed by atoms with Crippen LogP contribution in [0.15, 0.2) is 35.2 Å². The molecule has 0 amide bonds. The first-order valence-electron chi connectivity index (χ1n) is 7.77. The molecule has 1 aliphatic heterocycles. The number of halogens is 3. The molecule has 2 aromatic rings. The molecule has 1 aromatic carbocycles. The van der Waals surface area contributed by atoms with Crippen LogP contribution >= 0.6 is 46.1 Å². The maximum absolute atomic E-state index is 12.5. The predicted molar refractivity (Wildman–Crippen MR) is 104 cm³/mol. The van der Waals surface area contributed by atoms with Gasteiger partial charge in [-0.2, -0.15) is 0 Å². The van der Waals surface area contributed by atoms with Gasteiger partial charge in [-0.1, -0.05) is 46.9 Å². The number of nitrogens with one attached hydrogen (secondary N) is 1. The van der Waals surface area contributed by atoms with Crippen LogP contribution in [0.2, 0.25) is 13.7 Å². The molecule has 1 aliphatic rings. The molecular formula is C16H17Cl3N2O2S2. The number of sulfonamides is 1. The van der Waals surface area contributed by atoms with E-state index in [1.54, 1.807) is 0 Å². The van der Waals surface area contributed by atoms with E-state index in [0.29, 0.717) is 4.34 Å². The van der Waals surface area contributed by atoms with Crippen molar-refractivity contribution < 1.29 is 8.42 Å². The smallest absolute Gasteiger partial charge is 0.243 e. The Balaban J connectivity index is 1.55. The van der Waals surface area contributed by atoms with Crippen molar-refractivity contribution in [1.82, 2.24) is 9.62 Å². The van der Waals surface area contributed by atoms with Crippen molar-refractivity contribution in [3.63, 3.8) is 0 Å². The topological polar surface area (TPSA) is 49.4 Å². The van der Waals surface area contributed by atoms with E-state index in [0.717, 1.165) is 48.8 Å². The van der Waals surface area contributed by atoms with Gasteiger partial charge in [-0.25, -0.2) is 13.1 Å². The summed E-state index contributed by atoms with van der Waals surface area (Å²) in [7, 11) is -3.64. The molecule has 0 radical (unpaired) electrons. The third kappa shape index (κ3) is 5.10. The Morgan fingerprint density at radius 3 is 2.32 bits per heavy atom. The van der Waals surface area contributed by atoms with Gasteiger partial charge in [0.2, 0.25) is 10.0 Å². The minimum absolute atomic E-state index is 0.0627. The lowest BCUT2D eigenvalue weighted by Gasteiger charge is -2.32. The average molecular weight is 440 g/mol. The van der Waals surface area contributed by atoms with Crippen LogP contribution in [0.4, 0.5) is 0 Å². The summed E-state index contributed by atoms with van der Waals surface area (Å²) in [6, 6.07) is 9.09. The lowest BCUT2D eigenvalue weighted by molar-refractivity contribution is 0.200. The summed E-state index contributed by atoms with van der Waals surface area (Å²) in [5.74, 6) is 0. The second kappa shape index (κ2) is 8.13. The molecule has 9 heteroatoms. The summed E-state index contributed by atoms with van der Waals surface area (Å²) in [5.41, 5.74) is 1.20. The number of piperidine rings is 1. The summed E-state index contributed by atoms with van der Waals surface area (Å²) in [6.45, 7) is 2.49. The standard InChI is InChI=1S/C16H17Cl3N2O2S2/c17-12-3-1-11(2-4-12)10-21-7-5-13(6-8-21)20-25(22,23)14-9-15(18)24-16(14)19/h1-4,9,13,20H,5-8,10H2. The van der Waals surface area contributed by atoms with Crippen molar-refractivity contribution >= 4 is 56.2 Å². The fourth-order valence-corrected chi connectivity index (χ4v) is 6.43. The van der Waals surface area contributed by atoms with Crippen LogP contribution in [0.5, 0.6) is 0 Å². The summed E-state index contributed by atoms with van der Waals surface area (Å²) in [6.07, 6.45) is 1.50. The zero-order chi connectivity index (χ0) is 18.0. The quantitative estimate of drug-likeness (QED) is 0.737. The first-order valence-corrected chi connectivity index (χ1v) is 11.2. The Bertz CT molecular complexity index is 830. The summed E-state index contributed by atoms with van der Waals surface area (Å²) >= 11 is 18.8. The normalized spacial score (nSPS) is 17.1. The van der Waals surface area contributed by atoms with Crippen LogP contribution in [0.25, 0.3) is 0 Å². The SMILES string of the molecule is O=S(=O)(NC1CCN(Cc2ccc(Cl)cc2)CC1)c1cc(Cl)sc1Cl. The third-order valence-electron chi connectivity index (χ3n) is 4.14. The fraction of sp³-hybridized carbons (Fsp3) is 0.375. The highest BCUT2D eigenvalue weighted by Crippen LogP contribution is 2.34. The molecule has 1 aromatic heterocycles. The van der Waals surface area contributed by atoms with Gasteiger partial charge in [0.05, 0.1) is 4.34 Å². The van der Waals surface area contributed by atoms with Gasteiger partial charge < -0.3 is 0 Å². The van der Waals surface area contributed by atoms with E-state index < -0.39 is 10.0 Å². The number of rotatable bonds is 5. The minimum Gasteiger partial charge on any atom is -0.299 e. The number of likely N-dealkylation sites (tertiary alicyclic amines) is 1. The van der Waals surface area contributed by atoms with Gasteiger partial charge in [0.1, 0.15) is 9.23 Å². The molecule has 25 heavy (non-hydrogen) atoms. The summed E-state index contributed by atoms with van der Waals surface area (Å²) in [4.78, 5) is 2.37. The molecule has 1 saturated heterocycles. The maximum Gasteiger partial charge on any atom is 0.243 e. The van der Waals surface area contributed by atoms with Gasteiger partial charge in [-0.3, -0.25) is 4.90 Å². The van der Waals surface area contributed by atoms with Crippen LogP contribution in [0, 0.1) is 0 Å². The van der Waals surface area contributed by atoms with E-state index >= 15 is 0 Å². The van der Waals surface area contributed by atoms with Crippen LogP contribution in [0.3, 0.4) is 0 Å². The summed E-state index contributed by atoms with van der Waals surface area (Å²) in [5, 5.41) is 0.726. The number of benzene rings is 1. The average Bonchev–Trinajstić information content (AvgIpc) is 2.91. The van der Waals surface area contributed by atoms with Crippen molar-refractivity contribution in [3.8, 4) is 0 Å². The molecule has 1 fully saturated rings. The molecule has 0 spiro atoms. The Hall–Kier alpha value is -0.340. The number of hydrogen-bond acceptors (Lipinski definition) is 4. The van der Waals surface area contributed by atoms with Crippen LogP contribution in [-0.4, -0.2) is 32.4 Å². The first-order chi connectivity index (χ1) is 11.8. The molecule has 2 heterocycles. The predicted octanol–water partition coefficient (Wildman–Crippen LogP) is 4.65. The van der Waals surface area contributed by atoms with Gasteiger partial charge in [0.25, 0.3) is 0 Å². The lowest BCUT2D eigenvalue weighted by atomic mass is 10.1. The molecule has 0 aliphatic carbocycles. The first kappa shape index (κ1) is 19.4. The van der Waals surface area contributed by atoms with Crippen molar-refractivity contribution in [1.29, 1.82) is 0 Å². The van der Waals surface area contributed by atoms with Crippen molar-refractivity contribution in [2.24, 2.45) is 0 Å². The maximum atomic E-state index is 12.5. The monoisotopic (exact) mass is 438 g/mol. The zero-order valence-electron chi connectivity index (χ0n) is 13.2. The van der Waals surface area contributed by atoms with Gasteiger partial charge >= 0.3 is 0 Å². The Labute approximate surface area is 166 Å². The van der Waals surface area contributed by atoms with Gasteiger partial charge in [0.15, 0.2) is 0 Å². The molecule has 1 N–H and O–H groups in total. The zero-order valence-corrected chi connectivity index (χ0v) is 17.1. The van der Waals surface area contributed by atoms with E-state index in [2.05, 4.69) is 9.62 Å². The molecule has 3 rings (SSSR count). The summed E-state index contributed by atoms with van der Waals surface area (Å²) < 4.78 is 28.2. The Morgan fingerprint density at radius 1 is 1.12 bits per heavy atom. The van der Waals surface area contributed by atoms with E-state index in [9.17, 15) is 8.42 Å². The van der Waals surface area contributed by atoms with E-state index in [-0.39, 0.29) is 15.3 Å². The fourth-order valence-electron chi connectivity index (χ4n) is 2.85. The van der Waals surface area contributed by atoms with E-state index in [1.165, 1.54) is 11.6 Å². The second-order valence-electron chi connectivity index (χ2n) is 5.99. The molecule has 4 nitrogen and oxygen atoms in total. The molecule has 136 valence electrons. The van der Waals surface area contributed by atoms with Crippen molar-refractivity contribution in [2.75, 3.05) is 13.1 Å². The highest BCUT2D eigenvalue weighted by Gasteiger charge is 2.27. The molecule has 0 unspecified atom stereocenters. The van der Waals surface area contributed by atoms with Crippen molar-refractivity contribution in [3.05, 3.63) is 49.6 Å². The molecular weight excluding hydrogens is 423 g/mol. The molecule has 0 saturated carbocycles. The van der Waals surface area contributed by atoms with Crippen molar-refractivity contribution in [2.45, 2.75) is 30.3 Å². The largest absolute Gasteiger partial charge is 0.299 e. The Morgan fingerprint density at radius 2 is 1.76 bits per heavy atom. The highest BCUT2D eigenvalue weighted by atomic mass is 35.5. The van der Waals surface area contributed by atoms with Crippen LogP contribution in [0.1, 0.15) is 18.4 Å².